The maximum atomic E-state index is 13.7. The summed E-state index contributed by atoms with van der Waals surface area (Å²) in [5, 5.41) is 62.8. The average Bonchev–Trinajstić information content (AvgIpc) is 3.13. The summed E-state index contributed by atoms with van der Waals surface area (Å²) in [4.78, 5) is 102. The number of aliphatic hydroxyl groups is 1. The molecule has 0 aromatic rings. The van der Waals surface area contributed by atoms with Crippen molar-refractivity contribution in [3.63, 3.8) is 0 Å². The third-order valence-corrected chi connectivity index (χ3v) is 8.24. The predicted octanol–water partition coefficient (Wildman–Crippen LogP) is -6.62. The standard InChI is InChI=1S/C31H58N14O11S/c1-15(46)23(28(54)44-19(29(55)56)8-5-11-39-31(36)37)45-26(52)18(7-4-10-38-30(34)35)42-25(51)17(6-2-3-9-32)43-27(53)20(12-22(48)49)41-21(47)13-40-24(50)16(33)14-57/h15-20,23,46,57H,2-14,32-33H2,1H3,(H,40,50)(H,41,47)(H,42,51)(H,43,53)(H,44,54)(H,45,52)(H,48,49)(H,55,56)(H4,34,35,38)(H4,36,37,39)/t15?,16-,17+,18+,19+,20+,23+/m1/s1. The molecule has 0 aliphatic heterocycles. The first-order valence-electron chi connectivity index (χ1n) is 17.9. The number of hydrogen-bond donors (Lipinski definition) is 18. The monoisotopic (exact) mass is 834 g/mol. The van der Waals surface area contributed by atoms with Gasteiger partial charge in [-0.25, -0.2) is 4.79 Å². The third kappa shape index (κ3) is 22.6. The van der Waals surface area contributed by atoms with Gasteiger partial charge in [-0.1, -0.05) is 0 Å². The number of hydrogen-bond acceptors (Lipinski definition) is 14. The SMILES string of the molecule is CC(O)[C@H](NC(=O)[C@H](CCCNC(=N)N)NC(=O)[C@H](CCCCN)NC(=O)[C@H](CC(=O)O)NC(=O)CNC(=O)[C@H](N)CS)C(=O)N[C@@H](CCCNC(=N)N)C(=O)O. The minimum absolute atomic E-state index is 0.0321. The number of carboxylic acids is 2. The molecular formula is C31H58N14O11S. The van der Waals surface area contributed by atoms with Gasteiger partial charge in [0, 0.05) is 18.8 Å². The zero-order valence-corrected chi connectivity index (χ0v) is 32.5. The molecule has 0 aliphatic rings. The maximum absolute atomic E-state index is 13.7. The van der Waals surface area contributed by atoms with Gasteiger partial charge in [0.15, 0.2) is 11.9 Å². The van der Waals surface area contributed by atoms with Crippen molar-refractivity contribution in [1.29, 1.82) is 10.8 Å². The first kappa shape index (κ1) is 51.5. The Kier molecular flexibility index (Phi) is 25.3. The minimum atomic E-state index is -1.72. The molecule has 0 aliphatic carbocycles. The van der Waals surface area contributed by atoms with Gasteiger partial charge in [0.25, 0.3) is 0 Å². The Hall–Kier alpha value is -5.47. The van der Waals surface area contributed by atoms with E-state index in [1.54, 1.807) is 0 Å². The van der Waals surface area contributed by atoms with E-state index in [1.165, 1.54) is 0 Å². The lowest BCUT2D eigenvalue weighted by molar-refractivity contribution is -0.143. The van der Waals surface area contributed by atoms with Gasteiger partial charge >= 0.3 is 11.9 Å². The highest BCUT2D eigenvalue weighted by molar-refractivity contribution is 7.80. The van der Waals surface area contributed by atoms with Gasteiger partial charge in [-0.3, -0.25) is 44.4 Å². The molecule has 57 heavy (non-hydrogen) atoms. The summed E-state index contributed by atoms with van der Waals surface area (Å²) in [6, 6.07) is -8.84. The second kappa shape index (κ2) is 28.0. The molecule has 0 fully saturated rings. The van der Waals surface area contributed by atoms with Crippen LogP contribution in [0.3, 0.4) is 0 Å². The molecule has 0 spiro atoms. The largest absolute Gasteiger partial charge is 0.481 e. The molecule has 7 atom stereocenters. The first-order chi connectivity index (χ1) is 26.7. The Morgan fingerprint density at radius 1 is 0.649 bits per heavy atom. The number of carbonyl (C=O) groups is 8. The summed E-state index contributed by atoms with van der Waals surface area (Å²) in [5.41, 5.74) is 21.7. The zero-order chi connectivity index (χ0) is 43.7. The van der Waals surface area contributed by atoms with Crippen molar-refractivity contribution in [1.82, 2.24) is 42.5 Å². The van der Waals surface area contributed by atoms with Crippen LogP contribution in [0.25, 0.3) is 0 Å². The second-order valence-corrected chi connectivity index (χ2v) is 13.1. The number of nitrogens with one attached hydrogen (secondary N) is 10. The minimum Gasteiger partial charge on any atom is -0.481 e. The van der Waals surface area contributed by atoms with Crippen LogP contribution < -0.4 is 65.5 Å². The first-order valence-corrected chi connectivity index (χ1v) is 18.5. The highest BCUT2D eigenvalue weighted by Crippen LogP contribution is 2.08. The van der Waals surface area contributed by atoms with Crippen molar-refractivity contribution in [2.75, 3.05) is 31.9 Å². The lowest BCUT2D eigenvalue weighted by atomic mass is 10.0. The molecule has 0 rings (SSSR count). The van der Waals surface area contributed by atoms with Crippen LogP contribution in [0, 0.1) is 10.8 Å². The van der Waals surface area contributed by atoms with Crippen LogP contribution in [0.5, 0.6) is 0 Å². The molecule has 0 radical (unpaired) electrons. The molecule has 21 N–H and O–H groups in total. The quantitative estimate of drug-likeness (QED) is 0.0144. The van der Waals surface area contributed by atoms with Gasteiger partial charge in [-0.15, -0.1) is 0 Å². The van der Waals surface area contributed by atoms with E-state index in [-0.39, 0.29) is 75.8 Å². The number of rotatable bonds is 29. The predicted molar refractivity (Wildman–Crippen MR) is 207 cm³/mol. The Morgan fingerprint density at radius 3 is 1.58 bits per heavy atom. The van der Waals surface area contributed by atoms with Crippen molar-refractivity contribution >= 4 is 71.9 Å². The van der Waals surface area contributed by atoms with Crippen molar-refractivity contribution in [3.05, 3.63) is 0 Å². The van der Waals surface area contributed by atoms with Gasteiger partial charge in [0.2, 0.25) is 35.4 Å². The van der Waals surface area contributed by atoms with Crippen molar-refractivity contribution in [2.24, 2.45) is 22.9 Å². The number of unbranched alkanes of at least 4 members (excludes halogenated alkanes) is 1. The fourth-order valence-electron chi connectivity index (χ4n) is 4.82. The molecule has 0 aromatic carbocycles. The Morgan fingerprint density at radius 2 is 1.12 bits per heavy atom. The summed E-state index contributed by atoms with van der Waals surface area (Å²) in [5.74, 6) is -9.47. The van der Waals surface area contributed by atoms with Gasteiger partial charge in [-0.05, 0) is 58.4 Å². The fraction of sp³-hybridized carbons (Fsp3) is 0.677. The lowest BCUT2D eigenvalue weighted by Gasteiger charge is -2.28. The number of aliphatic hydroxyl groups excluding tert-OH is 1. The van der Waals surface area contributed by atoms with Crippen LogP contribution in [0.4, 0.5) is 0 Å². The van der Waals surface area contributed by atoms with E-state index in [0.29, 0.717) is 6.42 Å². The van der Waals surface area contributed by atoms with E-state index in [1.807, 2.05) is 0 Å². The van der Waals surface area contributed by atoms with Crippen LogP contribution in [0.1, 0.15) is 58.3 Å². The number of thiol groups is 1. The fourth-order valence-corrected chi connectivity index (χ4v) is 4.99. The van der Waals surface area contributed by atoms with Crippen LogP contribution in [-0.4, -0.2) is 149 Å². The number of guanidine groups is 2. The molecule has 1 unspecified atom stereocenters. The number of nitrogens with two attached hydrogens (primary N) is 4. The van der Waals surface area contributed by atoms with Crippen molar-refractivity contribution in [3.8, 4) is 0 Å². The summed E-state index contributed by atoms with van der Waals surface area (Å²) in [7, 11) is 0. The summed E-state index contributed by atoms with van der Waals surface area (Å²) >= 11 is 3.89. The van der Waals surface area contributed by atoms with E-state index in [4.69, 9.17) is 33.8 Å². The Bertz CT molecular complexity index is 1410. The zero-order valence-electron chi connectivity index (χ0n) is 31.6. The number of aliphatic carboxylic acids is 2. The van der Waals surface area contributed by atoms with Crippen molar-refractivity contribution in [2.45, 2.75) is 101 Å². The van der Waals surface area contributed by atoms with Crippen LogP contribution in [-0.2, 0) is 38.4 Å². The number of amides is 6. The third-order valence-electron chi connectivity index (χ3n) is 7.85. The van der Waals surface area contributed by atoms with Gasteiger partial charge in [-0.2, -0.15) is 12.6 Å². The molecule has 0 saturated carbocycles. The van der Waals surface area contributed by atoms with Gasteiger partial charge < -0.3 is 80.8 Å². The highest BCUT2D eigenvalue weighted by Gasteiger charge is 2.34. The lowest BCUT2D eigenvalue weighted by Crippen LogP contribution is -2.61. The summed E-state index contributed by atoms with van der Waals surface area (Å²) in [6.07, 6.45) is -1.91. The van der Waals surface area contributed by atoms with Crippen LogP contribution in [0.2, 0.25) is 0 Å². The highest BCUT2D eigenvalue weighted by atomic mass is 32.1. The summed E-state index contributed by atoms with van der Waals surface area (Å²) < 4.78 is 0. The van der Waals surface area contributed by atoms with Crippen molar-refractivity contribution < 1.29 is 53.7 Å². The molecule has 324 valence electrons. The maximum Gasteiger partial charge on any atom is 0.326 e. The van der Waals surface area contributed by atoms with E-state index < -0.39 is 103 Å². The molecule has 0 heterocycles. The molecule has 0 saturated heterocycles. The smallest absolute Gasteiger partial charge is 0.326 e. The molecular weight excluding hydrogens is 776 g/mol. The van der Waals surface area contributed by atoms with Crippen LogP contribution in [0.15, 0.2) is 0 Å². The van der Waals surface area contributed by atoms with Crippen LogP contribution >= 0.6 is 12.6 Å². The molecule has 0 aromatic heterocycles. The van der Waals surface area contributed by atoms with E-state index >= 15 is 0 Å². The normalized spacial score (nSPS) is 14.4. The second-order valence-electron chi connectivity index (χ2n) is 12.7. The van der Waals surface area contributed by atoms with E-state index in [0.717, 1.165) is 6.92 Å². The Labute approximate surface area is 334 Å². The molecule has 0 bridgehead atoms. The Balaban J connectivity index is 6.23. The van der Waals surface area contributed by atoms with E-state index in [9.17, 15) is 53.7 Å². The average molecular weight is 835 g/mol. The van der Waals surface area contributed by atoms with Gasteiger partial charge in [0.1, 0.15) is 30.2 Å². The van der Waals surface area contributed by atoms with E-state index in [2.05, 4.69) is 55.2 Å². The number of carboxylic acid groups (broad SMARTS) is 2. The van der Waals surface area contributed by atoms with Gasteiger partial charge in [0.05, 0.1) is 25.1 Å². The molecule has 25 nitrogen and oxygen atoms in total. The molecule has 26 heteroatoms. The number of carbonyl (C=O) groups excluding carboxylic acids is 6. The molecule has 6 amide bonds. The summed E-state index contributed by atoms with van der Waals surface area (Å²) in [6.45, 7) is 0.877. The topological polar surface area (TPSA) is 445 Å².